The van der Waals surface area contributed by atoms with Crippen LogP contribution < -0.4 is 0 Å². The molecule has 0 bridgehead atoms. The van der Waals surface area contributed by atoms with Crippen LogP contribution >= 0.6 is 0 Å². The van der Waals surface area contributed by atoms with Crippen LogP contribution in [0.3, 0.4) is 0 Å². The fourth-order valence-electron chi connectivity index (χ4n) is 0.848. The Morgan fingerprint density at radius 1 is 1.25 bits per heavy atom. The number of rotatable bonds is 0. The van der Waals surface area contributed by atoms with Crippen LogP contribution in [-0.4, -0.2) is 27.2 Å². The van der Waals surface area contributed by atoms with Gasteiger partial charge >= 0.3 is 57.8 Å². The van der Waals surface area contributed by atoms with Crippen molar-refractivity contribution in [2.45, 2.75) is 25.7 Å². The third-order valence-corrected chi connectivity index (χ3v) is 2.04. The van der Waals surface area contributed by atoms with E-state index in [1.54, 1.807) is 0 Å². The van der Waals surface area contributed by atoms with Crippen molar-refractivity contribution in [1.82, 2.24) is 0 Å². The van der Waals surface area contributed by atoms with Crippen LogP contribution in [0, 0.1) is 0 Å². The van der Waals surface area contributed by atoms with Gasteiger partial charge in [-0.1, -0.05) is 0 Å². The molecule has 1 radical (unpaired) electrons. The van der Waals surface area contributed by atoms with Crippen LogP contribution in [-0.2, 0) is 0 Å². The maximum absolute atomic E-state index is 4.28. The molecule has 1 aliphatic heterocycles. The van der Waals surface area contributed by atoms with Crippen molar-refractivity contribution in [2.24, 2.45) is 4.99 Å². The summed E-state index contributed by atoms with van der Waals surface area (Å²) < 4.78 is 1.22. The average molecular weight is 175 g/mol. The second kappa shape index (κ2) is 3.26. The summed E-state index contributed by atoms with van der Waals surface area (Å²) in [5.41, 5.74) is 0. The van der Waals surface area contributed by atoms with Gasteiger partial charge in [0.2, 0.25) is 0 Å². The fraction of sp³-hybridized carbons (Fsp3) is 0.833. The molecule has 0 aromatic rings. The zero-order valence-electron chi connectivity index (χ0n) is 4.89. The van der Waals surface area contributed by atoms with Crippen LogP contribution in [0.15, 0.2) is 4.99 Å². The Kier molecular flexibility index (Phi) is 2.57. The Bertz CT molecular complexity index is 98.7. The number of hydrogen-bond donors (Lipinski definition) is 0. The quantitative estimate of drug-likeness (QED) is 0.489. The van der Waals surface area contributed by atoms with Gasteiger partial charge in [0.05, 0.1) is 0 Å². The van der Waals surface area contributed by atoms with E-state index >= 15 is 0 Å². The molecule has 45 valence electrons. The number of nitrogens with zero attached hydrogens (tertiary/aromatic N) is 1. The summed E-state index contributed by atoms with van der Waals surface area (Å²) in [5.74, 6) is 0. The molecule has 1 heterocycles. The minimum atomic E-state index is 1.04. The zero-order valence-corrected chi connectivity index (χ0v) is 6.60. The second-order valence-electron chi connectivity index (χ2n) is 2.09. The van der Waals surface area contributed by atoms with E-state index in [9.17, 15) is 0 Å². The Hall–Kier alpha value is 0.189. The van der Waals surface area contributed by atoms with Gasteiger partial charge in [-0.3, -0.25) is 0 Å². The van der Waals surface area contributed by atoms with Crippen LogP contribution in [0.25, 0.3) is 0 Å². The predicted molar refractivity (Wildman–Crippen MR) is 36.5 cm³/mol. The summed E-state index contributed by atoms with van der Waals surface area (Å²) in [7, 11) is 0. The SMILES string of the molecule is [Se]C1=NCCCCC1. The van der Waals surface area contributed by atoms with Gasteiger partial charge in [-0.25, -0.2) is 0 Å². The standard InChI is InChI=1S/C6H10NSe/c8-6-4-2-1-3-5-7-6/h1-5H2. The minimum absolute atomic E-state index is 1.04. The summed E-state index contributed by atoms with van der Waals surface area (Å²) in [6.07, 6.45) is 5.14. The van der Waals surface area contributed by atoms with Crippen LogP contribution in [0.2, 0.25) is 0 Å². The summed E-state index contributed by atoms with van der Waals surface area (Å²) in [6, 6.07) is 0. The summed E-state index contributed by atoms with van der Waals surface area (Å²) in [4.78, 5) is 4.28. The van der Waals surface area contributed by atoms with E-state index in [0.29, 0.717) is 0 Å². The molecule has 0 spiro atoms. The average Bonchev–Trinajstić information content (AvgIpc) is 1.94. The first-order chi connectivity index (χ1) is 3.89. The van der Waals surface area contributed by atoms with E-state index in [0.717, 1.165) is 6.54 Å². The molecule has 0 aliphatic carbocycles. The van der Waals surface area contributed by atoms with Crippen molar-refractivity contribution in [3.63, 3.8) is 0 Å². The van der Waals surface area contributed by atoms with Gasteiger partial charge in [-0.2, -0.15) is 0 Å². The molecule has 1 nitrogen and oxygen atoms in total. The molecule has 0 aromatic heterocycles. The molecule has 1 rings (SSSR count). The van der Waals surface area contributed by atoms with Gasteiger partial charge in [0.15, 0.2) is 0 Å². The Balaban J connectivity index is 2.36. The number of hydrogen-bond acceptors (Lipinski definition) is 1. The van der Waals surface area contributed by atoms with Crippen molar-refractivity contribution < 1.29 is 0 Å². The monoisotopic (exact) mass is 176 g/mol. The van der Waals surface area contributed by atoms with Crippen molar-refractivity contribution in [2.75, 3.05) is 6.54 Å². The van der Waals surface area contributed by atoms with E-state index in [4.69, 9.17) is 0 Å². The second-order valence-corrected chi connectivity index (χ2v) is 3.07. The first-order valence-corrected chi connectivity index (χ1v) is 3.95. The van der Waals surface area contributed by atoms with Crippen molar-refractivity contribution in [3.05, 3.63) is 0 Å². The van der Waals surface area contributed by atoms with Crippen molar-refractivity contribution in [3.8, 4) is 0 Å². The normalized spacial score (nSPS) is 21.8. The molecule has 2 heteroatoms. The van der Waals surface area contributed by atoms with Crippen LogP contribution in [0.1, 0.15) is 25.7 Å². The molecule has 8 heavy (non-hydrogen) atoms. The molecular weight excluding hydrogens is 165 g/mol. The molecule has 1 aliphatic rings. The summed E-state index contributed by atoms with van der Waals surface area (Å²) in [5, 5.41) is 0. The van der Waals surface area contributed by atoms with E-state index < -0.39 is 0 Å². The zero-order chi connectivity index (χ0) is 5.82. The van der Waals surface area contributed by atoms with E-state index in [1.807, 2.05) is 0 Å². The Labute approximate surface area is 58.4 Å². The number of aliphatic imine (C=N–C) groups is 1. The third-order valence-electron chi connectivity index (χ3n) is 1.34. The van der Waals surface area contributed by atoms with Crippen LogP contribution in [0.5, 0.6) is 0 Å². The van der Waals surface area contributed by atoms with Gasteiger partial charge in [0.25, 0.3) is 0 Å². The van der Waals surface area contributed by atoms with Gasteiger partial charge in [0.1, 0.15) is 0 Å². The van der Waals surface area contributed by atoms with Crippen LogP contribution in [0.4, 0.5) is 0 Å². The molecule has 0 N–H and O–H groups in total. The summed E-state index contributed by atoms with van der Waals surface area (Å²) in [6.45, 7) is 1.04. The topological polar surface area (TPSA) is 12.4 Å². The first kappa shape index (κ1) is 6.31. The third kappa shape index (κ3) is 1.97. The van der Waals surface area contributed by atoms with E-state index in [-0.39, 0.29) is 0 Å². The molecule has 0 unspecified atom stereocenters. The van der Waals surface area contributed by atoms with Gasteiger partial charge in [0, 0.05) is 0 Å². The maximum atomic E-state index is 4.28. The fourth-order valence-corrected chi connectivity index (χ4v) is 1.34. The Morgan fingerprint density at radius 2 is 2.12 bits per heavy atom. The molecular formula is C6H10NSe. The molecule has 0 saturated heterocycles. The van der Waals surface area contributed by atoms with E-state index in [1.165, 1.54) is 30.3 Å². The van der Waals surface area contributed by atoms with Crippen molar-refractivity contribution >= 4 is 20.6 Å². The predicted octanol–water partition coefficient (Wildman–Crippen LogP) is 1.13. The molecule has 0 fully saturated rings. The summed E-state index contributed by atoms with van der Waals surface area (Å²) >= 11 is 2.97. The van der Waals surface area contributed by atoms with Gasteiger partial charge in [-0.05, 0) is 0 Å². The molecule has 0 amide bonds. The molecule has 0 aromatic carbocycles. The Morgan fingerprint density at radius 3 is 3.00 bits per heavy atom. The van der Waals surface area contributed by atoms with Gasteiger partial charge < -0.3 is 0 Å². The van der Waals surface area contributed by atoms with Crippen molar-refractivity contribution in [1.29, 1.82) is 0 Å². The van der Waals surface area contributed by atoms with E-state index in [2.05, 4.69) is 21.0 Å². The van der Waals surface area contributed by atoms with Gasteiger partial charge in [-0.15, -0.1) is 0 Å². The first-order valence-electron chi connectivity index (χ1n) is 3.10. The molecule has 0 atom stereocenters. The molecule has 0 saturated carbocycles.